The van der Waals surface area contributed by atoms with Crippen molar-refractivity contribution in [2.45, 2.75) is 212 Å². The monoisotopic (exact) mass is 1630 g/mol. The number of Topliss-reactive ketones (excluding diaryl/α,β-unsaturated/α-hetero) is 2. The van der Waals surface area contributed by atoms with E-state index in [1.165, 1.54) is 35.3 Å². The van der Waals surface area contributed by atoms with Crippen molar-refractivity contribution in [1.29, 1.82) is 0 Å². The SMILES string of the molecule is CO[C@H]1O[C@@H](Cn2cc(CCCN(CCOC34CC5(C)CC(C)(CC(Cn6ncc(-c7ccc(N8CCc9cccc(C(=O)Nc%10nc%11ccccc%11s%10)c9C8)nc7C(=O)O)c6C)(C5)C3)C4)C(=O)OCc3ccc(CC(=O)[C@H](CCCNC(N)=O)NC(=O)[C@@H](CC(=O)CCCCCN4C(=O)C=CC4=O)C(C)C)cc3)nn2)[C@H](O)[C@@H](O)[C@@H]1O. The minimum Gasteiger partial charge on any atom is -0.476 e. The van der Waals surface area contributed by atoms with Crippen LogP contribution in [-0.2, 0) is 88.4 Å². The zero-order valence-corrected chi connectivity index (χ0v) is 67.9. The highest BCUT2D eigenvalue weighted by Crippen LogP contribution is 2.72. The highest BCUT2D eigenvalue weighted by Gasteiger charge is 2.66. The molecule has 117 heavy (non-hydrogen) atoms. The lowest BCUT2D eigenvalue weighted by atomic mass is 9.39. The van der Waals surface area contributed by atoms with E-state index in [9.17, 15) is 63.6 Å². The van der Waals surface area contributed by atoms with Crippen molar-refractivity contribution in [3.8, 4) is 11.1 Å². The number of rotatable bonds is 38. The fraction of sp³-hybridized carbons (Fsp3) is 0.529. The minimum atomic E-state index is -1.52. The van der Waals surface area contributed by atoms with Gasteiger partial charge in [0.25, 0.3) is 17.7 Å². The number of primary amides is 1. The first kappa shape index (κ1) is 84.7. The maximum Gasteiger partial charge on any atom is 0.410 e. The maximum atomic E-state index is 14.6. The van der Waals surface area contributed by atoms with E-state index in [0.717, 1.165) is 70.5 Å². The van der Waals surface area contributed by atoms with Crippen molar-refractivity contribution in [3.63, 3.8) is 0 Å². The number of para-hydroxylation sites is 1. The third-order valence-electron chi connectivity index (χ3n) is 24.0. The number of pyridine rings is 1. The number of ketones is 2. The number of carbonyl (C=O) groups excluding carboxylic acids is 8. The van der Waals surface area contributed by atoms with E-state index >= 15 is 0 Å². The quantitative estimate of drug-likeness (QED) is 0.0133. The summed E-state index contributed by atoms with van der Waals surface area (Å²) in [5.74, 6) is -3.55. The Balaban J connectivity index is 0.657. The smallest absolute Gasteiger partial charge is 0.410 e. The molecule has 7 heterocycles. The molecule has 14 rings (SSSR count). The molecular formula is C85H106N14O17S. The number of hydrogen-bond acceptors (Lipinski definition) is 23. The van der Waals surface area contributed by atoms with Crippen LogP contribution in [-0.4, -0.2) is 207 Å². The molecule has 0 spiro atoms. The minimum absolute atomic E-state index is 0.00879. The van der Waals surface area contributed by atoms with Gasteiger partial charge < -0.3 is 65.5 Å². The molecule has 624 valence electrons. The molecule has 4 bridgehead atoms. The normalized spacial score (nSPS) is 23.8. The van der Waals surface area contributed by atoms with Gasteiger partial charge in [0.15, 0.2) is 22.9 Å². The summed E-state index contributed by atoms with van der Waals surface area (Å²) in [5.41, 5.74) is 11.2. The molecule has 7 amide bonds. The number of nitrogens with one attached hydrogen (secondary N) is 3. The molecule has 7 aromatic rings. The van der Waals surface area contributed by atoms with Crippen molar-refractivity contribution >= 4 is 85.8 Å². The number of nitrogens with zero attached hydrogens (tertiary/aromatic N) is 10. The van der Waals surface area contributed by atoms with Crippen LogP contribution in [0.15, 0.2) is 103 Å². The van der Waals surface area contributed by atoms with Crippen molar-refractivity contribution in [2.75, 3.05) is 56.7 Å². The van der Waals surface area contributed by atoms with Crippen molar-refractivity contribution in [3.05, 3.63) is 148 Å². The number of ether oxygens (including phenoxy) is 4. The molecule has 4 aromatic heterocycles. The number of anilines is 2. The standard InChI is InChI=1S/C85H106N14O17S/c1-51(2)60(38-57(100)17-8-7-11-33-98-69(102)28-29-70(98)103)76(108)89-63(20-13-31-87-79(86)111)65(101)37-53-22-24-54(25-23-53)43-114-81(112)95(32-14-16-56-40-97(94-93-56)42-66-72(104)73(105)74(106)78(113-6)116-66)35-36-115-85-47-82(4)44-83(5,48-85)46-84(45-82,49-85)50-99-52(3)61(39-88-99)58-26-27-68(91-71(58)77(109)110)96-34-30-55-15-12-18-59(62(55)41-96)75(107)92-80-90-64-19-9-10-21-67(64)117-80/h9-10,12,15,18-19,21-29,39-40,51,60,63,66,72-74,78,104-106H,7-8,11,13-14,16-17,20,30-38,41-50H2,1-6H3,(H,89,108)(H,109,110)(H3,86,87,111)(H,90,92,107)/t60-,63-,66-,72-,73+,74-,78-,82?,83?,84?,85?/m0/s1. The highest BCUT2D eigenvalue weighted by atomic mass is 32.1. The number of carbonyl (C=O) groups is 9. The number of aromatic nitrogens is 7. The zero-order valence-electron chi connectivity index (χ0n) is 67.1. The van der Waals surface area contributed by atoms with Gasteiger partial charge in [0, 0.05) is 119 Å². The Labute approximate surface area is 682 Å². The lowest BCUT2D eigenvalue weighted by Crippen LogP contribution is -2.64. The number of methoxy groups -OCH3 is 1. The van der Waals surface area contributed by atoms with Gasteiger partial charge in [-0.15, -0.1) is 5.10 Å². The van der Waals surface area contributed by atoms with Gasteiger partial charge in [-0.3, -0.25) is 43.7 Å². The van der Waals surface area contributed by atoms with Crippen molar-refractivity contribution < 1.29 is 82.5 Å². The molecule has 32 heteroatoms. The third-order valence-corrected chi connectivity index (χ3v) is 24.9. The van der Waals surface area contributed by atoms with Gasteiger partial charge in [-0.2, -0.15) is 5.10 Å². The van der Waals surface area contributed by atoms with Gasteiger partial charge in [0.2, 0.25) is 5.91 Å². The molecule has 0 radical (unpaired) electrons. The Hall–Kier alpha value is -10.2. The summed E-state index contributed by atoms with van der Waals surface area (Å²) in [6.07, 6.45) is 7.63. The summed E-state index contributed by atoms with van der Waals surface area (Å²) in [5, 5.41) is 65.1. The van der Waals surface area contributed by atoms with Crippen molar-refractivity contribution in [1.82, 2.24) is 55.2 Å². The van der Waals surface area contributed by atoms with Gasteiger partial charge >= 0.3 is 18.1 Å². The lowest BCUT2D eigenvalue weighted by Gasteiger charge is -2.69. The van der Waals surface area contributed by atoms with Gasteiger partial charge in [-0.1, -0.05) is 99.2 Å². The number of unbranched alkanes of at least 4 members (excludes halogenated alkanes) is 2. The molecular weight excluding hydrogens is 1520 g/mol. The Kier molecular flexibility index (Phi) is 26.3. The number of aryl methyl sites for hydroxylation is 1. The third kappa shape index (κ3) is 20.2. The molecule has 31 nitrogen and oxygen atoms in total. The Morgan fingerprint density at radius 2 is 1.57 bits per heavy atom. The van der Waals surface area contributed by atoms with Crippen LogP contribution >= 0.6 is 11.3 Å². The molecule has 5 fully saturated rings. The molecule has 4 saturated carbocycles. The van der Waals surface area contributed by atoms with Gasteiger partial charge in [0.1, 0.15) is 42.6 Å². The summed E-state index contributed by atoms with van der Waals surface area (Å²) < 4.78 is 28.7. The number of imide groups is 1. The number of carboxylic acids is 1. The number of urea groups is 1. The Morgan fingerprint density at radius 1 is 0.821 bits per heavy atom. The first-order valence-electron chi connectivity index (χ1n) is 40.4. The fourth-order valence-corrected chi connectivity index (χ4v) is 20.2. The van der Waals surface area contributed by atoms with E-state index in [0.29, 0.717) is 109 Å². The van der Waals surface area contributed by atoms with Crippen LogP contribution in [0.5, 0.6) is 0 Å². The van der Waals surface area contributed by atoms with E-state index in [-0.39, 0.29) is 129 Å². The number of benzene rings is 3. The maximum absolute atomic E-state index is 14.6. The first-order valence-corrected chi connectivity index (χ1v) is 41.2. The van der Waals surface area contributed by atoms with E-state index in [1.807, 2.05) is 78.9 Å². The molecule has 1 saturated heterocycles. The largest absolute Gasteiger partial charge is 0.476 e. The zero-order chi connectivity index (χ0) is 83.1. The number of fused-ring (bicyclic) bond motifs is 2. The summed E-state index contributed by atoms with van der Waals surface area (Å²) in [6.45, 7) is 12.7. The number of aromatic carboxylic acids is 1. The fourth-order valence-electron chi connectivity index (χ4n) is 19.4. The second kappa shape index (κ2) is 36.3. The van der Waals surface area contributed by atoms with E-state index in [4.69, 9.17) is 34.8 Å². The predicted octanol–water partition coefficient (Wildman–Crippen LogP) is 8.59. The number of hydrogen-bond donors (Lipinski definition) is 8. The highest BCUT2D eigenvalue weighted by molar-refractivity contribution is 7.22. The summed E-state index contributed by atoms with van der Waals surface area (Å²) in [4.78, 5) is 133. The summed E-state index contributed by atoms with van der Waals surface area (Å²) in [7, 11) is 1.32. The molecule has 7 aliphatic rings. The summed E-state index contributed by atoms with van der Waals surface area (Å²) in [6, 6.07) is 22.4. The second-order valence-corrected chi connectivity index (χ2v) is 34.8. The Bertz CT molecular complexity index is 4800. The van der Waals surface area contributed by atoms with Crippen LogP contribution in [0.2, 0.25) is 0 Å². The molecule has 4 aliphatic carbocycles. The molecule has 9 atom stereocenters. The molecule has 3 aromatic carbocycles. The van der Waals surface area contributed by atoms with E-state index in [2.05, 4.69) is 45.1 Å². The summed E-state index contributed by atoms with van der Waals surface area (Å²) >= 11 is 1.40. The second-order valence-electron chi connectivity index (χ2n) is 33.8. The van der Waals surface area contributed by atoms with E-state index < -0.39 is 72.3 Å². The topological polar surface area (TPSA) is 418 Å². The predicted molar refractivity (Wildman–Crippen MR) is 431 cm³/mol. The van der Waals surface area contributed by atoms with Crippen molar-refractivity contribution in [2.24, 2.45) is 33.8 Å². The molecule has 2 unspecified atom stereocenters. The number of aliphatic hydroxyl groups is 3. The van der Waals surface area contributed by atoms with Crippen LogP contribution in [0.25, 0.3) is 21.3 Å². The average molecular weight is 1630 g/mol. The van der Waals surface area contributed by atoms with E-state index in [1.54, 1.807) is 47.6 Å². The van der Waals surface area contributed by atoms with Crippen LogP contribution in [0.1, 0.15) is 172 Å². The van der Waals surface area contributed by atoms with Gasteiger partial charge in [-0.05, 0) is 165 Å². The molecule has 9 N–H and O–H groups in total. The van der Waals surface area contributed by atoms with Crippen LogP contribution in [0, 0.1) is 35.0 Å². The lowest BCUT2D eigenvalue weighted by molar-refractivity contribution is -0.292. The number of thiazole rings is 1. The van der Waals surface area contributed by atoms with Crippen LogP contribution < -0.4 is 26.6 Å². The molecule has 3 aliphatic heterocycles. The number of carboxylic acid groups (broad SMARTS) is 1. The number of amides is 7. The Morgan fingerprint density at radius 3 is 2.30 bits per heavy atom. The average Bonchev–Trinajstić information content (AvgIpc) is 0.767. The number of aliphatic hydroxyl groups excluding tert-OH is 3. The van der Waals surface area contributed by atoms with Gasteiger partial charge in [-0.25, -0.2) is 29.0 Å². The van der Waals surface area contributed by atoms with Gasteiger partial charge in [0.05, 0.1) is 46.9 Å². The number of nitrogens with two attached hydrogens (primary N) is 1. The first-order chi connectivity index (χ1) is 56.0. The van der Waals surface area contributed by atoms with Crippen LogP contribution in [0.3, 0.4) is 0 Å². The van der Waals surface area contributed by atoms with Crippen LogP contribution in [0.4, 0.5) is 20.5 Å².